The summed E-state index contributed by atoms with van der Waals surface area (Å²) in [5, 5.41) is 16.4. The summed E-state index contributed by atoms with van der Waals surface area (Å²) in [6, 6.07) is 18.4. The zero-order valence-electron chi connectivity index (χ0n) is 18.8. The molecule has 6 heteroatoms. The summed E-state index contributed by atoms with van der Waals surface area (Å²) < 4.78 is 0. The lowest BCUT2D eigenvalue weighted by Crippen LogP contribution is -2.38. The van der Waals surface area contributed by atoms with Gasteiger partial charge in [-0.3, -0.25) is 4.79 Å². The number of nitrogens with zero attached hydrogens (tertiary/aromatic N) is 2. The number of carbonyl (C=O) groups excluding carboxylic acids is 1. The van der Waals surface area contributed by atoms with Crippen molar-refractivity contribution >= 4 is 17.2 Å². The highest BCUT2D eigenvalue weighted by molar-refractivity contribution is 7.07. The Hall–Kier alpha value is -2.54. The van der Waals surface area contributed by atoms with Crippen LogP contribution >= 0.6 is 11.3 Å². The normalized spacial score (nSPS) is 22.4. The molecule has 3 heterocycles. The molecule has 0 bridgehead atoms. The minimum absolute atomic E-state index is 0.0884. The average Bonchev–Trinajstić information content (AvgIpc) is 3.57. The van der Waals surface area contributed by atoms with Gasteiger partial charge in [-0.05, 0) is 55.4 Å². The number of thiazole rings is 1. The Morgan fingerprint density at radius 3 is 2.52 bits per heavy atom. The summed E-state index contributed by atoms with van der Waals surface area (Å²) >= 11 is 1.64. The molecule has 3 aromatic rings. The smallest absolute Gasteiger partial charge is 0.253 e. The molecule has 2 saturated heterocycles. The van der Waals surface area contributed by atoms with E-state index in [0.717, 1.165) is 56.3 Å². The molecule has 0 unspecified atom stereocenters. The number of aliphatic hydroxyl groups is 1. The number of rotatable bonds is 6. The van der Waals surface area contributed by atoms with Gasteiger partial charge in [0.15, 0.2) is 0 Å². The molecule has 5 rings (SSSR count). The van der Waals surface area contributed by atoms with Gasteiger partial charge >= 0.3 is 0 Å². The van der Waals surface area contributed by atoms with Crippen molar-refractivity contribution in [1.82, 2.24) is 15.2 Å². The number of hydrogen-bond acceptors (Lipinski definition) is 5. The molecule has 2 aromatic carbocycles. The molecule has 0 saturated carbocycles. The molecule has 1 aromatic heterocycles. The number of likely N-dealkylation sites (tertiary alicyclic amines) is 1. The van der Waals surface area contributed by atoms with E-state index in [1.807, 2.05) is 52.9 Å². The largest absolute Gasteiger partial charge is 0.387 e. The molecule has 0 aliphatic carbocycles. The number of hydrogen-bond donors (Lipinski definition) is 2. The van der Waals surface area contributed by atoms with E-state index in [4.69, 9.17) is 0 Å². The van der Waals surface area contributed by atoms with Crippen LogP contribution in [0.2, 0.25) is 0 Å². The number of aliphatic hydroxyl groups excluding tert-OH is 1. The summed E-state index contributed by atoms with van der Waals surface area (Å²) in [6.07, 6.45) is 4.41. The Labute approximate surface area is 199 Å². The van der Waals surface area contributed by atoms with Gasteiger partial charge in [-0.25, -0.2) is 4.98 Å². The lowest BCUT2D eigenvalue weighted by molar-refractivity contribution is 0.0712. The Balaban J connectivity index is 1.12. The zero-order valence-corrected chi connectivity index (χ0v) is 19.6. The summed E-state index contributed by atoms with van der Waals surface area (Å²) in [6.45, 7) is 1.58. The van der Waals surface area contributed by atoms with Gasteiger partial charge in [0.2, 0.25) is 0 Å². The maximum atomic E-state index is 13.0. The van der Waals surface area contributed by atoms with E-state index in [2.05, 4.69) is 27.8 Å². The van der Waals surface area contributed by atoms with E-state index in [-0.39, 0.29) is 11.9 Å². The number of piperidine rings is 1. The van der Waals surface area contributed by atoms with Gasteiger partial charge in [0.1, 0.15) is 0 Å². The topological polar surface area (TPSA) is 65.5 Å². The van der Waals surface area contributed by atoms with Crippen LogP contribution in [0.25, 0.3) is 0 Å². The molecule has 2 aliphatic heterocycles. The second-order valence-electron chi connectivity index (χ2n) is 9.28. The first kappa shape index (κ1) is 22.3. The number of benzene rings is 2. The fraction of sp³-hybridized carbons (Fsp3) is 0.407. The van der Waals surface area contributed by atoms with Gasteiger partial charge in [0, 0.05) is 42.0 Å². The van der Waals surface area contributed by atoms with Crippen LogP contribution in [-0.2, 0) is 6.42 Å². The number of amides is 1. The molecular weight excluding hydrogens is 430 g/mol. The molecule has 2 aliphatic rings. The van der Waals surface area contributed by atoms with Gasteiger partial charge in [-0.15, -0.1) is 11.3 Å². The molecule has 5 nitrogen and oxygen atoms in total. The highest BCUT2D eigenvalue weighted by Crippen LogP contribution is 2.29. The van der Waals surface area contributed by atoms with Gasteiger partial charge in [-0.1, -0.05) is 42.5 Å². The molecule has 3 atom stereocenters. The Bertz CT molecular complexity index is 1030. The summed E-state index contributed by atoms with van der Waals surface area (Å²) in [5.41, 5.74) is 6.02. The predicted molar refractivity (Wildman–Crippen MR) is 131 cm³/mol. The first-order valence-corrected chi connectivity index (χ1v) is 12.9. The van der Waals surface area contributed by atoms with Gasteiger partial charge in [0.25, 0.3) is 5.91 Å². The van der Waals surface area contributed by atoms with Crippen LogP contribution in [-0.4, -0.2) is 46.1 Å². The lowest BCUT2D eigenvalue weighted by atomic mass is 9.94. The van der Waals surface area contributed by atoms with E-state index in [1.165, 1.54) is 11.3 Å². The molecule has 172 valence electrons. The molecular formula is C27H31N3O2S. The Morgan fingerprint density at radius 1 is 1.06 bits per heavy atom. The van der Waals surface area contributed by atoms with Crippen LogP contribution in [0.1, 0.15) is 64.9 Å². The third-order valence-corrected chi connectivity index (χ3v) is 7.74. The van der Waals surface area contributed by atoms with E-state index in [1.54, 1.807) is 11.3 Å². The molecule has 33 heavy (non-hydrogen) atoms. The van der Waals surface area contributed by atoms with E-state index in [9.17, 15) is 9.90 Å². The highest BCUT2D eigenvalue weighted by atomic mass is 32.1. The van der Waals surface area contributed by atoms with Crippen molar-refractivity contribution in [2.45, 2.75) is 56.2 Å². The number of aromatic nitrogens is 1. The van der Waals surface area contributed by atoms with Crippen molar-refractivity contribution in [1.29, 1.82) is 0 Å². The molecule has 0 spiro atoms. The van der Waals surface area contributed by atoms with Crippen LogP contribution in [0.4, 0.5) is 0 Å². The molecule has 1 amide bonds. The third-order valence-electron chi connectivity index (χ3n) is 7.13. The summed E-state index contributed by atoms with van der Waals surface area (Å²) in [5.74, 6) is 0.606. The third kappa shape index (κ3) is 5.18. The molecule has 0 radical (unpaired) electrons. The standard InChI is InChI=1S/C27H31N3O2S/c31-26(21-4-2-1-3-5-21)24-11-10-23(29-24)16-19-6-8-22(9-7-19)27(32)30-14-12-20(13-15-30)25-17-33-18-28-25/h1-9,17-18,20,23-24,26,29,31H,10-16H2/t23-,24+,26+/m0/s1. The second-order valence-corrected chi connectivity index (χ2v) is 10.0. The first-order valence-electron chi connectivity index (χ1n) is 11.9. The van der Waals surface area contributed by atoms with Crippen molar-refractivity contribution in [2.75, 3.05) is 13.1 Å². The minimum Gasteiger partial charge on any atom is -0.387 e. The van der Waals surface area contributed by atoms with Gasteiger partial charge in [0.05, 0.1) is 17.3 Å². The maximum absolute atomic E-state index is 13.0. The van der Waals surface area contributed by atoms with Crippen LogP contribution in [0, 0.1) is 0 Å². The fourth-order valence-corrected chi connectivity index (χ4v) is 5.83. The van der Waals surface area contributed by atoms with Gasteiger partial charge < -0.3 is 15.3 Å². The minimum atomic E-state index is -0.476. The quantitative estimate of drug-likeness (QED) is 0.565. The predicted octanol–water partition coefficient (Wildman–Crippen LogP) is 4.56. The number of carbonyl (C=O) groups is 1. The monoisotopic (exact) mass is 461 g/mol. The van der Waals surface area contributed by atoms with Crippen molar-refractivity contribution in [3.05, 3.63) is 87.9 Å². The van der Waals surface area contributed by atoms with Crippen molar-refractivity contribution in [3.63, 3.8) is 0 Å². The van der Waals surface area contributed by atoms with Crippen LogP contribution in [0.15, 0.2) is 65.5 Å². The molecule has 2 N–H and O–H groups in total. The number of nitrogens with one attached hydrogen (secondary N) is 1. The highest BCUT2D eigenvalue weighted by Gasteiger charge is 2.30. The fourth-order valence-electron chi connectivity index (χ4n) is 5.20. The maximum Gasteiger partial charge on any atom is 0.253 e. The Morgan fingerprint density at radius 2 is 1.82 bits per heavy atom. The summed E-state index contributed by atoms with van der Waals surface area (Å²) in [7, 11) is 0. The zero-order chi connectivity index (χ0) is 22.6. The first-order chi connectivity index (χ1) is 16.2. The van der Waals surface area contributed by atoms with Crippen molar-refractivity contribution in [2.24, 2.45) is 0 Å². The van der Waals surface area contributed by atoms with Crippen molar-refractivity contribution < 1.29 is 9.90 Å². The Kier molecular flexibility index (Phi) is 6.85. The van der Waals surface area contributed by atoms with Gasteiger partial charge in [-0.2, -0.15) is 0 Å². The van der Waals surface area contributed by atoms with Crippen LogP contribution in [0.3, 0.4) is 0 Å². The van der Waals surface area contributed by atoms with E-state index < -0.39 is 6.10 Å². The van der Waals surface area contributed by atoms with Crippen LogP contribution in [0.5, 0.6) is 0 Å². The van der Waals surface area contributed by atoms with Crippen LogP contribution < -0.4 is 5.32 Å². The summed E-state index contributed by atoms with van der Waals surface area (Å²) in [4.78, 5) is 19.4. The average molecular weight is 462 g/mol. The van der Waals surface area contributed by atoms with E-state index >= 15 is 0 Å². The van der Waals surface area contributed by atoms with E-state index in [0.29, 0.717) is 12.0 Å². The second kappa shape index (κ2) is 10.2. The SMILES string of the molecule is O=C(c1ccc(C[C@@H]2CC[C@H]([C@H](O)c3ccccc3)N2)cc1)N1CCC(c2cscn2)CC1. The molecule has 2 fully saturated rings. The lowest BCUT2D eigenvalue weighted by Gasteiger charge is -2.31. The van der Waals surface area contributed by atoms with Crippen molar-refractivity contribution in [3.8, 4) is 0 Å².